The normalized spacial score (nSPS) is 23.2. The van der Waals surface area contributed by atoms with Gasteiger partial charge in [-0.2, -0.15) is 0 Å². The maximum atomic E-state index is 13.9. The van der Waals surface area contributed by atoms with Crippen LogP contribution in [-0.2, 0) is 0 Å². The summed E-state index contributed by atoms with van der Waals surface area (Å²) < 4.78 is 14.3. The topological polar surface area (TPSA) is 20.3 Å². The minimum atomic E-state index is -0.513. The summed E-state index contributed by atoms with van der Waals surface area (Å²) in [6.07, 6.45) is 3.95. The summed E-state index contributed by atoms with van der Waals surface area (Å²) in [5, 5.41) is -0.0436. The molecule has 0 saturated heterocycles. The van der Waals surface area contributed by atoms with Crippen LogP contribution in [0.2, 0.25) is 0 Å². The third-order valence-electron chi connectivity index (χ3n) is 3.65. The molecule has 1 amide bonds. The number of hydrogen-bond acceptors (Lipinski definition) is 1. The number of carbonyl (C=O) groups excluding carboxylic acids is 1. The van der Waals surface area contributed by atoms with Gasteiger partial charge in [-0.1, -0.05) is 18.9 Å². The maximum Gasteiger partial charge on any atom is 0.256 e. The Balaban J connectivity index is 2.21. The first-order valence-corrected chi connectivity index (χ1v) is 7.60. The van der Waals surface area contributed by atoms with Crippen molar-refractivity contribution in [1.29, 1.82) is 0 Å². The number of nitrogens with zero attached hydrogens (tertiary/aromatic N) is 1. The summed E-state index contributed by atoms with van der Waals surface area (Å²) in [7, 11) is 1.70. The van der Waals surface area contributed by atoms with Crippen LogP contribution in [0.15, 0.2) is 22.7 Å². The molecule has 0 spiro atoms. The number of amides is 1. The lowest BCUT2D eigenvalue weighted by Gasteiger charge is -2.35. The molecule has 1 aliphatic rings. The van der Waals surface area contributed by atoms with Crippen molar-refractivity contribution in [2.75, 3.05) is 7.05 Å². The van der Waals surface area contributed by atoms with Gasteiger partial charge in [-0.25, -0.2) is 4.39 Å². The molecule has 2 atom stereocenters. The minimum absolute atomic E-state index is 0.0127. The molecule has 1 aliphatic carbocycles. The predicted molar refractivity (Wildman–Crippen MR) is 78.1 cm³/mol. The van der Waals surface area contributed by atoms with Crippen molar-refractivity contribution in [2.24, 2.45) is 0 Å². The first kappa shape index (κ1) is 14.8. The number of alkyl halides is 1. The van der Waals surface area contributed by atoms with Crippen LogP contribution in [0, 0.1) is 5.82 Å². The number of hydrogen-bond donors (Lipinski definition) is 0. The molecule has 104 valence electrons. The molecule has 1 saturated carbocycles. The molecule has 1 aromatic carbocycles. The molecular weight excluding hydrogens is 333 g/mol. The molecule has 0 bridgehead atoms. The monoisotopic (exact) mass is 347 g/mol. The zero-order valence-electron chi connectivity index (χ0n) is 10.7. The molecule has 0 radical (unpaired) electrons. The van der Waals surface area contributed by atoms with E-state index in [1.165, 1.54) is 6.07 Å². The summed E-state index contributed by atoms with van der Waals surface area (Å²) in [5.74, 6) is -0.822. The molecule has 19 heavy (non-hydrogen) atoms. The Bertz CT molecular complexity index is 483. The molecule has 1 fully saturated rings. The van der Waals surface area contributed by atoms with Gasteiger partial charge in [0.2, 0.25) is 0 Å². The van der Waals surface area contributed by atoms with E-state index in [-0.39, 0.29) is 22.9 Å². The van der Waals surface area contributed by atoms with Gasteiger partial charge in [0.1, 0.15) is 5.82 Å². The average molecular weight is 349 g/mol. The van der Waals surface area contributed by atoms with Crippen molar-refractivity contribution in [3.63, 3.8) is 0 Å². The largest absolute Gasteiger partial charge is 0.337 e. The van der Waals surface area contributed by atoms with Crippen LogP contribution >= 0.6 is 27.5 Å². The predicted octanol–water partition coefficient (Wildman–Crippen LogP) is 4.21. The van der Waals surface area contributed by atoms with Crippen LogP contribution in [0.5, 0.6) is 0 Å². The summed E-state index contributed by atoms with van der Waals surface area (Å²) in [6.45, 7) is 0. The van der Waals surface area contributed by atoms with Gasteiger partial charge in [-0.3, -0.25) is 4.79 Å². The fourth-order valence-electron chi connectivity index (χ4n) is 2.51. The van der Waals surface area contributed by atoms with Gasteiger partial charge in [0.25, 0.3) is 5.91 Å². The van der Waals surface area contributed by atoms with E-state index in [0.717, 1.165) is 25.7 Å². The highest BCUT2D eigenvalue weighted by atomic mass is 79.9. The average Bonchev–Trinajstić information content (AvgIpc) is 2.41. The zero-order valence-corrected chi connectivity index (χ0v) is 13.0. The van der Waals surface area contributed by atoms with Gasteiger partial charge < -0.3 is 4.90 Å². The van der Waals surface area contributed by atoms with Crippen molar-refractivity contribution in [2.45, 2.75) is 37.1 Å². The van der Waals surface area contributed by atoms with E-state index in [4.69, 9.17) is 11.6 Å². The number of halogens is 3. The highest BCUT2D eigenvalue weighted by molar-refractivity contribution is 9.10. The van der Waals surface area contributed by atoms with Crippen LogP contribution < -0.4 is 0 Å². The van der Waals surface area contributed by atoms with Crippen molar-refractivity contribution in [3.8, 4) is 0 Å². The molecule has 0 heterocycles. The highest BCUT2D eigenvalue weighted by Gasteiger charge is 2.30. The van der Waals surface area contributed by atoms with Crippen LogP contribution in [0.1, 0.15) is 36.0 Å². The Morgan fingerprint density at radius 1 is 1.42 bits per heavy atom. The smallest absolute Gasteiger partial charge is 0.256 e. The maximum absolute atomic E-state index is 13.9. The van der Waals surface area contributed by atoms with Crippen molar-refractivity contribution in [1.82, 2.24) is 4.90 Å². The SMILES string of the molecule is CN(C(=O)c1cccc(Br)c1F)C1CCCCC1Cl. The lowest BCUT2D eigenvalue weighted by molar-refractivity contribution is 0.0695. The first-order chi connectivity index (χ1) is 9.02. The molecule has 2 unspecified atom stereocenters. The van der Waals surface area contributed by atoms with E-state index in [9.17, 15) is 9.18 Å². The van der Waals surface area contributed by atoms with E-state index >= 15 is 0 Å². The van der Waals surface area contributed by atoms with Crippen molar-refractivity contribution < 1.29 is 9.18 Å². The van der Waals surface area contributed by atoms with Crippen LogP contribution in [0.25, 0.3) is 0 Å². The Kier molecular flexibility index (Phi) is 4.85. The lowest BCUT2D eigenvalue weighted by atomic mass is 9.93. The van der Waals surface area contributed by atoms with Gasteiger partial charge >= 0.3 is 0 Å². The summed E-state index contributed by atoms with van der Waals surface area (Å²) in [5.41, 5.74) is 0.0892. The second-order valence-corrected chi connectivity index (χ2v) is 6.30. The summed E-state index contributed by atoms with van der Waals surface area (Å²) in [6, 6.07) is 4.73. The number of rotatable bonds is 2. The zero-order chi connectivity index (χ0) is 14.0. The van der Waals surface area contributed by atoms with E-state index < -0.39 is 5.82 Å². The van der Waals surface area contributed by atoms with Gasteiger partial charge in [0.15, 0.2) is 0 Å². The van der Waals surface area contributed by atoms with Crippen LogP contribution in [0.3, 0.4) is 0 Å². The first-order valence-electron chi connectivity index (χ1n) is 6.37. The van der Waals surface area contributed by atoms with Crippen LogP contribution in [0.4, 0.5) is 4.39 Å². The third-order valence-corrected chi connectivity index (χ3v) is 4.77. The summed E-state index contributed by atoms with van der Waals surface area (Å²) >= 11 is 9.38. The Morgan fingerprint density at radius 3 is 2.79 bits per heavy atom. The van der Waals surface area contributed by atoms with Gasteiger partial charge in [0.05, 0.1) is 15.4 Å². The molecule has 0 N–H and O–H groups in total. The number of benzene rings is 1. The van der Waals surface area contributed by atoms with Crippen molar-refractivity contribution in [3.05, 3.63) is 34.1 Å². The van der Waals surface area contributed by atoms with E-state index in [2.05, 4.69) is 15.9 Å². The summed E-state index contributed by atoms with van der Waals surface area (Å²) in [4.78, 5) is 14.0. The second kappa shape index (κ2) is 6.23. The molecule has 0 aromatic heterocycles. The van der Waals surface area contributed by atoms with Crippen molar-refractivity contribution >= 4 is 33.4 Å². The van der Waals surface area contributed by atoms with E-state index in [1.807, 2.05) is 0 Å². The van der Waals surface area contributed by atoms with Gasteiger partial charge in [0, 0.05) is 13.1 Å². The fourth-order valence-corrected chi connectivity index (χ4v) is 3.33. The standard InChI is InChI=1S/C14H16BrClFNO/c1-18(12-8-3-2-7-11(12)16)14(19)9-5-4-6-10(15)13(9)17/h4-6,11-12H,2-3,7-8H2,1H3. The minimum Gasteiger partial charge on any atom is -0.337 e. The van der Waals surface area contributed by atoms with E-state index in [1.54, 1.807) is 24.1 Å². The fraction of sp³-hybridized carbons (Fsp3) is 0.500. The second-order valence-electron chi connectivity index (χ2n) is 4.89. The Labute approximate surface area is 126 Å². The third kappa shape index (κ3) is 3.11. The molecule has 0 aliphatic heterocycles. The lowest BCUT2D eigenvalue weighted by Crippen LogP contribution is -2.44. The highest BCUT2D eigenvalue weighted by Crippen LogP contribution is 2.28. The molecule has 1 aromatic rings. The molecular formula is C14H16BrClFNO. The quantitative estimate of drug-likeness (QED) is 0.733. The van der Waals surface area contributed by atoms with Crippen LogP contribution in [-0.4, -0.2) is 29.3 Å². The molecule has 2 nitrogen and oxygen atoms in total. The van der Waals surface area contributed by atoms with E-state index in [0.29, 0.717) is 4.47 Å². The number of carbonyl (C=O) groups is 1. The molecule has 5 heteroatoms. The van der Waals surface area contributed by atoms with Gasteiger partial charge in [-0.05, 0) is 40.9 Å². The Hall–Kier alpha value is -0.610. The Morgan fingerprint density at radius 2 is 2.11 bits per heavy atom. The van der Waals surface area contributed by atoms with Gasteiger partial charge in [-0.15, -0.1) is 11.6 Å². The molecule has 2 rings (SSSR count).